The predicted octanol–water partition coefficient (Wildman–Crippen LogP) is 5.16. The van der Waals surface area contributed by atoms with Crippen molar-refractivity contribution in [3.63, 3.8) is 0 Å². The van der Waals surface area contributed by atoms with Crippen LogP contribution in [0.3, 0.4) is 0 Å². The Morgan fingerprint density at radius 2 is 1.64 bits per heavy atom. The second-order valence-corrected chi connectivity index (χ2v) is 11.9. The second kappa shape index (κ2) is 19.4. The van der Waals surface area contributed by atoms with Crippen LogP contribution in [0.15, 0.2) is 86.0 Å². The van der Waals surface area contributed by atoms with Gasteiger partial charge < -0.3 is 10.2 Å². The Labute approximate surface area is 179 Å². The van der Waals surface area contributed by atoms with Gasteiger partial charge >= 0.3 is 50.4 Å². The van der Waals surface area contributed by atoms with Gasteiger partial charge in [0.25, 0.3) is 0 Å². The molecule has 1 aliphatic rings. The van der Waals surface area contributed by atoms with E-state index in [1.807, 2.05) is 12.2 Å². The van der Waals surface area contributed by atoms with Gasteiger partial charge in [0.05, 0.1) is 0 Å². The average Bonchev–Trinajstić information content (AvgIpc) is 3.36. The zero-order chi connectivity index (χ0) is 21.8. The molecule has 0 saturated carbocycles. The van der Waals surface area contributed by atoms with Gasteiger partial charge in [0.1, 0.15) is 0 Å². The summed E-state index contributed by atoms with van der Waals surface area (Å²) in [7, 11) is 0. The van der Waals surface area contributed by atoms with Crippen molar-refractivity contribution in [1.82, 2.24) is 0 Å². The summed E-state index contributed by atoms with van der Waals surface area (Å²) in [5.41, 5.74) is 0. The van der Waals surface area contributed by atoms with E-state index in [4.69, 9.17) is 10.2 Å². The minimum atomic E-state index is -0.981. The van der Waals surface area contributed by atoms with Crippen LogP contribution in [-0.4, -0.2) is 28.3 Å². The predicted molar refractivity (Wildman–Crippen MR) is 114 cm³/mol. The maximum Gasteiger partial charge on any atom is -0.0809 e. The van der Waals surface area contributed by atoms with E-state index in [2.05, 4.69) is 100 Å². The Morgan fingerprint density at radius 3 is 1.96 bits per heavy atom. The summed E-state index contributed by atoms with van der Waals surface area (Å²) in [5.74, 6) is -1.96. The summed E-state index contributed by atoms with van der Waals surface area (Å²) < 4.78 is 0. The van der Waals surface area contributed by atoms with E-state index in [1.165, 1.54) is 10.8 Å². The molecule has 0 radical (unpaired) electrons. The number of carboxylic acid groups (broad SMARTS) is 2. The molecule has 0 atom stereocenters. The maximum absolute atomic E-state index is 9.25. The third-order valence-corrected chi connectivity index (χ3v) is 2.48. The van der Waals surface area contributed by atoms with Gasteiger partial charge in [0, 0.05) is 12.2 Å². The fourth-order valence-corrected chi connectivity index (χ4v) is 1.41. The Morgan fingerprint density at radius 1 is 1.14 bits per heavy atom. The van der Waals surface area contributed by atoms with Crippen molar-refractivity contribution in [2.24, 2.45) is 0 Å². The van der Waals surface area contributed by atoms with Gasteiger partial charge in [-0.2, -0.15) is 23.6 Å². The van der Waals surface area contributed by atoms with Crippen molar-refractivity contribution in [3.05, 3.63) is 92.1 Å². The van der Waals surface area contributed by atoms with E-state index in [1.54, 1.807) is 0 Å². The number of allylic oxidation sites excluding steroid dienone is 4. The van der Waals surface area contributed by atoms with Gasteiger partial charge in [-0.25, -0.2) is 21.7 Å². The molecule has 1 aliphatic carbocycles. The first-order valence-corrected chi connectivity index (χ1v) is 13.1. The minimum absolute atomic E-state index is 0.120. The van der Waals surface area contributed by atoms with Crippen LogP contribution >= 0.6 is 0 Å². The molecule has 146 valence electrons. The summed E-state index contributed by atoms with van der Waals surface area (Å²) in [6.07, 6.45) is 11.8. The number of rotatable bonds is 2. The molecule has 0 bridgehead atoms. The van der Waals surface area contributed by atoms with Crippen LogP contribution in [0.5, 0.6) is 0 Å². The Kier molecular flexibility index (Phi) is 19.3. The number of fused-ring (bicyclic) bond motifs is 1. The molecule has 0 aromatic heterocycles. The molecule has 3 rings (SSSR count). The van der Waals surface area contributed by atoms with Crippen LogP contribution in [0.2, 0.25) is 13.1 Å². The molecule has 2 aromatic rings. The molecule has 0 unspecified atom stereocenters. The first-order valence-electron chi connectivity index (χ1n) is 8.29. The van der Waals surface area contributed by atoms with Crippen molar-refractivity contribution in [2.75, 3.05) is 0 Å². The van der Waals surface area contributed by atoms with Crippen LogP contribution in [-0.2, 0) is 28.8 Å². The van der Waals surface area contributed by atoms with E-state index >= 15 is 0 Å². The van der Waals surface area contributed by atoms with Gasteiger partial charge in [-0.1, -0.05) is 19.2 Å². The van der Waals surface area contributed by atoms with Crippen molar-refractivity contribution in [3.8, 4) is 0 Å². The number of benzene rings is 1. The summed E-state index contributed by atoms with van der Waals surface area (Å²) in [5, 5.41) is 17.9. The Balaban J connectivity index is 0. The van der Waals surface area contributed by atoms with Crippen LogP contribution in [0, 0.1) is 6.08 Å². The maximum atomic E-state index is 9.25. The quantitative estimate of drug-likeness (QED) is 0.392. The molecule has 0 heterocycles. The van der Waals surface area contributed by atoms with Crippen LogP contribution in [0.1, 0.15) is 6.42 Å². The number of carboxylic acids is 2. The topological polar surface area (TPSA) is 74.6 Å². The molecule has 0 aliphatic heterocycles. The molecule has 0 saturated heterocycles. The molecule has 0 fully saturated rings. The number of aliphatic carboxylic acids is 2. The summed E-state index contributed by atoms with van der Waals surface area (Å²) in [6.45, 7) is 10.5. The third kappa shape index (κ3) is 21.7. The first kappa shape index (κ1) is 27.9. The average molecular weight is 430 g/mol. The summed E-state index contributed by atoms with van der Waals surface area (Å²) >= 11 is 2.27. The fraction of sp³-hybridized carbons (Fsp3) is 0.136. The molecular formula is C22H26O4SiTi. The second-order valence-electron chi connectivity index (χ2n) is 5.24. The smallest absolute Gasteiger partial charge is 0.0809 e. The molecular weight excluding hydrogens is 404 g/mol. The molecule has 2 aromatic carbocycles. The van der Waals surface area contributed by atoms with Crippen molar-refractivity contribution in [2.45, 2.75) is 19.5 Å². The van der Waals surface area contributed by atoms with Crippen LogP contribution < -0.4 is 0 Å². The number of hydrogen-bond acceptors (Lipinski definition) is 2. The number of carbonyl (C=O) groups is 2. The molecule has 6 heteroatoms. The first-order chi connectivity index (χ1) is 13.2. The Hall–Kier alpha value is -2.34. The molecule has 0 amide bonds. The number of hydrogen-bond donors (Lipinski definition) is 2. The molecule has 4 nitrogen and oxygen atoms in total. The van der Waals surface area contributed by atoms with Gasteiger partial charge in [0.15, 0.2) is 0 Å². The van der Waals surface area contributed by atoms with E-state index in [0.717, 1.165) is 18.6 Å². The SMILES string of the molecule is C=CC(=O)O.C=CC(=O)O.C[Si](C)=[Ti+2].[C-]1=CC=CC1.c1ccc2[cH-]ccc2c1. The van der Waals surface area contributed by atoms with Gasteiger partial charge in [-0.15, -0.1) is 36.1 Å². The summed E-state index contributed by atoms with van der Waals surface area (Å²) in [6, 6.07) is 14.7. The summed E-state index contributed by atoms with van der Waals surface area (Å²) in [4.78, 5) is 18.5. The van der Waals surface area contributed by atoms with Crippen LogP contribution in [0.25, 0.3) is 10.8 Å². The zero-order valence-electron chi connectivity index (χ0n) is 16.3. The normalized spacial score (nSPS) is 9.71. The molecule has 0 spiro atoms. The van der Waals surface area contributed by atoms with Crippen molar-refractivity contribution >= 4 is 28.9 Å². The monoisotopic (exact) mass is 430 g/mol. The van der Waals surface area contributed by atoms with E-state index < -0.39 is 11.9 Å². The van der Waals surface area contributed by atoms with E-state index in [-0.39, 0.29) is 6.19 Å². The van der Waals surface area contributed by atoms with Gasteiger partial charge in [-0.3, -0.25) is 6.08 Å². The zero-order valence-corrected chi connectivity index (χ0v) is 18.8. The standard InChI is InChI=1S/C9H7.C5H5.2C3H4O2.C2H6Si.Ti/c1-2-5-9-7-3-6-8(9)4-1;1-2-4-5-3-1;2*1-2-3(4)5;1-3-2;/h1-7H;1-3H,4H2;2*2H,1H2,(H,4,5);1-2H3;/q2*-1;;;;+2. The van der Waals surface area contributed by atoms with E-state index in [0.29, 0.717) is 0 Å². The molecule has 28 heavy (non-hydrogen) atoms. The van der Waals surface area contributed by atoms with Crippen molar-refractivity contribution in [1.29, 1.82) is 0 Å². The molecule has 2 N–H and O–H groups in total. The fourth-order valence-electron chi connectivity index (χ4n) is 1.41. The largest absolute Gasteiger partial charge is 0.273 e. The third-order valence-electron chi connectivity index (χ3n) is 2.48. The van der Waals surface area contributed by atoms with Gasteiger partial charge in [0.2, 0.25) is 0 Å². The van der Waals surface area contributed by atoms with Gasteiger partial charge in [-0.05, 0) is 0 Å². The van der Waals surface area contributed by atoms with E-state index in [9.17, 15) is 9.59 Å². The van der Waals surface area contributed by atoms with Crippen molar-refractivity contribution < 1.29 is 39.0 Å². The van der Waals surface area contributed by atoms with Crippen LogP contribution in [0.4, 0.5) is 0 Å². The minimum Gasteiger partial charge on any atom is -0.273 e. The Bertz CT molecular complexity index is 741.